The number of anilines is 2. The maximum atomic E-state index is 12.1. The van der Waals surface area contributed by atoms with E-state index in [0.29, 0.717) is 27.2 Å². The molecule has 0 saturated heterocycles. The molecule has 0 aliphatic rings. The SMILES string of the molecule is COc1ccc(C(=O)Nc2cc(Br)cnc2Cl)cc1N. The minimum atomic E-state index is -0.332. The summed E-state index contributed by atoms with van der Waals surface area (Å²) in [6.45, 7) is 0. The second kappa shape index (κ2) is 6.11. The zero-order valence-electron chi connectivity index (χ0n) is 10.5. The first kappa shape index (κ1) is 14.6. The number of pyridine rings is 1. The van der Waals surface area contributed by atoms with Crippen LogP contribution in [-0.2, 0) is 0 Å². The van der Waals surface area contributed by atoms with Crippen molar-refractivity contribution >= 4 is 44.8 Å². The normalized spacial score (nSPS) is 10.2. The Morgan fingerprint density at radius 1 is 1.45 bits per heavy atom. The van der Waals surface area contributed by atoms with Gasteiger partial charge in [-0.15, -0.1) is 0 Å². The average Bonchev–Trinajstić information content (AvgIpc) is 2.42. The highest BCUT2D eigenvalue weighted by Crippen LogP contribution is 2.25. The number of amides is 1. The van der Waals surface area contributed by atoms with Gasteiger partial charge >= 0.3 is 0 Å². The van der Waals surface area contributed by atoms with E-state index in [4.69, 9.17) is 22.1 Å². The number of carbonyl (C=O) groups is 1. The van der Waals surface area contributed by atoms with Gasteiger partial charge in [0.15, 0.2) is 5.15 Å². The van der Waals surface area contributed by atoms with E-state index < -0.39 is 0 Å². The van der Waals surface area contributed by atoms with Crippen LogP contribution in [0.2, 0.25) is 5.15 Å². The van der Waals surface area contributed by atoms with Gasteiger partial charge in [0, 0.05) is 16.2 Å². The lowest BCUT2D eigenvalue weighted by Gasteiger charge is -2.09. The number of benzene rings is 1. The predicted octanol–water partition coefficient (Wildman–Crippen LogP) is 3.34. The zero-order chi connectivity index (χ0) is 14.7. The van der Waals surface area contributed by atoms with Gasteiger partial charge in [0.05, 0.1) is 18.5 Å². The van der Waals surface area contributed by atoms with E-state index in [0.717, 1.165) is 0 Å². The van der Waals surface area contributed by atoms with Crippen molar-refractivity contribution in [2.24, 2.45) is 0 Å². The lowest BCUT2D eigenvalue weighted by Crippen LogP contribution is -2.13. The molecule has 0 saturated carbocycles. The van der Waals surface area contributed by atoms with E-state index in [-0.39, 0.29) is 11.1 Å². The summed E-state index contributed by atoms with van der Waals surface area (Å²) in [4.78, 5) is 16.0. The molecule has 104 valence electrons. The average molecular weight is 357 g/mol. The third kappa shape index (κ3) is 3.20. The van der Waals surface area contributed by atoms with Gasteiger partial charge in [-0.3, -0.25) is 4.79 Å². The molecule has 20 heavy (non-hydrogen) atoms. The zero-order valence-corrected chi connectivity index (χ0v) is 12.8. The summed E-state index contributed by atoms with van der Waals surface area (Å²) in [5, 5.41) is 2.88. The van der Waals surface area contributed by atoms with Crippen molar-refractivity contribution < 1.29 is 9.53 Å². The van der Waals surface area contributed by atoms with Crippen molar-refractivity contribution in [2.75, 3.05) is 18.2 Å². The van der Waals surface area contributed by atoms with E-state index >= 15 is 0 Å². The van der Waals surface area contributed by atoms with Crippen LogP contribution in [0.15, 0.2) is 34.9 Å². The Hall–Kier alpha value is -1.79. The number of rotatable bonds is 3. The number of nitrogen functional groups attached to an aromatic ring is 1. The van der Waals surface area contributed by atoms with Gasteiger partial charge in [-0.25, -0.2) is 4.98 Å². The third-order valence-corrected chi connectivity index (χ3v) is 3.28. The first-order chi connectivity index (χ1) is 9.51. The van der Waals surface area contributed by atoms with Gasteiger partial charge in [0.25, 0.3) is 5.91 Å². The summed E-state index contributed by atoms with van der Waals surface area (Å²) in [7, 11) is 1.51. The molecule has 0 fully saturated rings. The van der Waals surface area contributed by atoms with E-state index in [1.54, 1.807) is 24.4 Å². The van der Waals surface area contributed by atoms with E-state index in [2.05, 4.69) is 26.2 Å². The highest BCUT2D eigenvalue weighted by molar-refractivity contribution is 9.10. The molecule has 1 aromatic carbocycles. The number of halogens is 2. The van der Waals surface area contributed by atoms with Crippen LogP contribution >= 0.6 is 27.5 Å². The first-order valence-electron chi connectivity index (χ1n) is 5.57. The van der Waals surface area contributed by atoms with Crippen LogP contribution in [0.5, 0.6) is 5.75 Å². The minimum Gasteiger partial charge on any atom is -0.495 e. The summed E-state index contributed by atoms with van der Waals surface area (Å²) in [6, 6.07) is 6.45. The van der Waals surface area contributed by atoms with Gasteiger partial charge in [0.2, 0.25) is 0 Å². The molecule has 2 rings (SSSR count). The van der Waals surface area contributed by atoms with Gasteiger partial charge < -0.3 is 15.8 Å². The molecule has 0 unspecified atom stereocenters. The molecule has 0 radical (unpaired) electrons. The van der Waals surface area contributed by atoms with Gasteiger partial charge in [-0.05, 0) is 40.2 Å². The highest BCUT2D eigenvalue weighted by Gasteiger charge is 2.11. The summed E-state index contributed by atoms with van der Waals surface area (Å²) in [5.41, 5.74) is 6.97. The third-order valence-electron chi connectivity index (χ3n) is 2.55. The topological polar surface area (TPSA) is 77.2 Å². The molecule has 0 atom stereocenters. The van der Waals surface area contributed by atoms with Gasteiger partial charge in [0.1, 0.15) is 5.75 Å². The van der Waals surface area contributed by atoms with Crippen LogP contribution < -0.4 is 15.8 Å². The van der Waals surface area contributed by atoms with Crippen LogP contribution in [0.1, 0.15) is 10.4 Å². The molecule has 0 spiro atoms. The molecule has 2 aromatic rings. The van der Waals surface area contributed by atoms with Crippen LogP contribution in [0, 0.1) is 0 Å². The van der Waals surface area contributed by atoms with Crippen molar-refractivity contribution in [2.45, 2.75) is 0 Å². The van der Waals surface area contributed by atoms with Crippen molar-refractivity contribution in [1.82, 2.24) is 4.98 Å². The first-order valence-corrected chi connectivity index (χ1v) is 6.74. The van der Waals surface area contributed by atoms with Gasteiger partial charge in [-0.1, -0.05) is 11.6 Å². The van der Waals surface area contributed by atoms with Crippen molar-refractivity contribution in [3.05, 3.63) is 45.7 Å². The van der Waals surface area contributed by atoms with Crippen LogP contribution in [-0.4, -0.2) is 18.0 Å². The van der Waals surface area contributed by atoms with Crippen LogP contribution in [0.4, 0.5) is 11.4 Å². The quantitative estimate of drug-likeness (QED) is 0.653. The maximum Gasteiger partial charge on any atom is 0.255 e. The number of carbonyl (C=O) groups excluding carboxylic acids is 1. The Morgan fingerprint density at radius 3 is 2.85 bits per heavy atom. The van der Waals surface area contributed by atoms with Crippen LogP contribution in [0.3, 0.4) is 0 Å². The van der Waals surface area contributed by atoms with Gasteiger partial charge in [-0.2, -0.15) is 0 Å². The van der Waals surface area contributed by atoms with Crippen molar-refractivity contribution in [1.29, 1.82) is 0 Å². The van der Waals surface area contributed by atoms with E-state index in [9.17, 15) is 4.79 Å². The number of methoxy groups -OCH3 is 1. The number of nitrogens with two attached hydrogens (primary N) is 1. The van der Waals surface area contributed by atoms with E-state index in [1.807, 2.05) is 0 Å². The molecule has 0 aliphatic carbocycles. The molecule has 1 heterocycles. The summed E-state index contributed by atoms with van der Waals surface area (Å²) >= 11 is 9.18. The standard InChI is InChI=1S/C13H11BrClN3O2/c1-20-11-3-2-7(4-9(11)16)13(19)18-10-5-8(14)6-17-12(10)15/h2-6H,16H2,1H3,(H,18,19). The molecule has 0 bridgehead atoms. The van der Waals surface area contributed by atoms with Crippen molar-refractivity contribution in [3.8, 4) is 5.75 Å². The highest BCUT2D eigenvalue weighted by atomic mass is 79.9. The fourth-order valence-electron chi connectivity index (χ4n) is 1.58. The summed E-state index contributed by atoms with van der Waals surface area (Å²) < 4.78 is 5.75. The molecule has 0 aliphatic heterocycles. The Kier molecular flexibility index (Phi) is 4.46. The number of aromatic nitrogens is 1. The lowest BCUT2D eigenvalue weighted by atomic mass is 10.1. The number of hydrogen-bond acceptors (Lipinski definition) is 4. The Bertz CT molecular complexity index is 664. The monoisotopic (exact) mass is 355 g/mol. The maximum absolute atomic E-state index is 12.1. The minimum absolute atomic E-state index is 0.211. The smallest absolute Gasteiger partial charge is 0.255 e. The van der Waals surface area contributed by atoms with Crippen molar-refractivity contribution in [3.63, 3.8) is 0 Å². The molecule has 1 aromatic heterocycles. The number of ether oxygens (including phenoxy) is 1. The molecule has 5 nitrogen and oxygen atoms in total. The lowest BCUT2D eigenvalue weighted by molar-refractivity contribution is 0.102. The summed E-state index contributed by atoms with van der Waals surface area (Å²) in [5.74, 6) is 0.185. The second-order valence-electron chi connectivity index (χ2n) is 3.90. The Labute approximate surface area is 129 Å². The number of nitrogens with one attached hydrogen (secondary N) is 1. The molecule has 3 N–H and O–H groups in total. The second-order valence-corrected chi connectivity index (χ2v) is 5.18. The molecular weight excluding hydrogens is 346 g/mol. The fourth-order valence-corrected chi connectivity index (χ4v) is 2.06. The van der Waals surface area contributed by atoms with E-state index in [1.165, 1.54) is 13.2 Å². The summed E-state index contributed by atoms with van der Waals surface area (Å²) in [6.07, 6.45) is 1.54. The Morgan fingerprint density at radius 2 is 2.20 bits per heavy atom. The number of hydrogen-bond donors (Lipinski definition) is 2. The number of nitrogens with zero attached hydrogens (tertiary/aromatic N) is 1. The fraction of sp³-hybridized carbons (Fsp3) is 0.0769. The molecular formula is C13H11BrClN3O2. The van der Waals surface area contributed by atoms with Crippen LogP contribution in [0.25, 0.3) is 0 Å². The Balaban J connectivity index is 2.24. The molecule has 7 heteroatoms. The predicted molar refractivity (Wildman–Crippen MR) is 82.3 cm³/mol. The molecule has 1 amide bonds. The largest absolute Gasteiger partial charge is 0.495 e.